The molecular formula is C20H40. The Labute approximate surface area is 129 Å². The van der Waals surface area contributed by atoms with Gasteiger partial charge in [0.1, 0.15) is 0 Å². The zero-order valence-corrected chi connectivity index (χ0v) is 15.1. The Bertz CT molecular complexity index is 226. The summed E-state index contributed by atoms with van der Waals surface area (Å²) in [4.78, 5) is 0. The van der Waals surface area contributed by atoms with Gasteiger partial charge in [-0.3, -0.25) is 0 Å². The van der Waals surface area contributed by atoms with E-state index in [0.29, 0.717) is 0 Å². The van der Waals surface area contributed by atoms with Gasteiger partial charge < -0.3 is 0 Å². The van der Waals surface area contributed by atoms with Crippen molar-refractivity contribution in [1.82, 2.24) is 0 Å². The van der Waals surface area contributed by atoms with E-state index >= 15 is 0 Å². The Morgan fingerprint density at radius 2 is 1.45 bits per heavy atom. The molecule has 0 bridgehead atoms. The van der Waals surface area contributed by atoms with Crippen LogP contribution in [0.1, 0.15) is 92.9 Å². The van der Waals surface area contributed by atoms with Gasteiger partial charge in [0.15, 0.2) is 0 Å². The van der Waals surface area contributed by atoms with Crippen LogP contribution in [0.3, 0.4) is 0 Å². The molecule has 0 aliphatic heterocycles. The summed E-state index contributed by atoms with van der Waals surface area (Å²) in [7, 11) is 0. The van der Waals surface area contributed by atoms with Gasteiger partial charge in [-0.2, -0.15) is 0 Å². The van der Waals surface area contributed by atoms with Gasteiger partial charge in [0.25, 0.3) is 0 Å². The number of hydrogen-bond donors (Lipinski definition) is 0. The quantitative estimate of drug-likeness (QED) is 0.261. The maximum atomic E-state index is 2.57. The minimum absolute atomic E-state index is 0.806. The zero-order valence-electron chi connectivity index (χ0n) is 15.1. The molecule has 0 fully saturated rings. The molecule has 0 aromatic carbocycles. The summed E-state index contributed by atoms with van der Waals surface area (Å²) in [5.74, 6) is 3.34. The summed E-state index contributed by atoms with van der Waals surface area (Å²) in [6, 6.07) is 0. The van der Waals surface area contributed by atoms with Crippen molar-refractivity contribution in [3.63, 3.8) is 0 Å². The molecule has 0 nitrogen and oxygen atoms in total. The summed E-state index contributed by atoms with van der Waals surface area (Å²) in [5.41, 5.74) is 0. The van der Waals surface area contributed by atoms with E-state index in [2.05, 4.69) is 53.7 Å². The summed E-state index contributed by atoms with van der Waals surface area (Å²) >= 11 is 0. The second-order valence-electron chi connectivity index (χ2n) is 6.93. The van der Waals surface area contributed by atoms with Crippen LogP contribution < -0.4 is 0 Å². The molecule has 0 saturated heterocycles. The van der Waals surface area contributed by atoms with Gasteiger partial charge in [-0.15, -0.1) is 0 Å². The maximum absolute atomic E-state index is 2.57. The average Bonchev–Trinajstić information content (AvgIpc) is 2.43. The van der Waals surface area contributed by atoms with Crippen LogP contribution in [0.4, 0.5) is 0 Å². The minimum atomic E-state index is 0.806. The molecule has 0 aliphatic carbocycles. The molecule has 0 spiro atoms. The normalized spacial score (nSPS) is 16.8. The Hall–Kier alpha value is -0.260. The Balaban J connectivity index is 4.75. The van der Waals surface area contributed by atoms with E-state index in [1.807, 2.05) is 0 Å². The Morgan fingerprint density at radius 3 is 1.95 bits per heavy atom. The van der Waals surface area contributed by atoms with E-state index in [-0.39, 0.29) is 0 Å². The first kappa shape index (κ1) is 19.7. The van der Waals surface area contributed by atoms with E-state index in [4.69, 9.17) is 0 Å². The van der Waals surface area contributed by atoms with Gasteiger partial charge >= 0.3 is 0 Å². The predicted molar refractivity (Wildman–Crippen MR) is 94.1 cm³/mol. The van der Waals surface area contributed by atoms with Crippen molar-refractivity contribution >= 4 is 0 Å². The third kappa shape index (κ3) is 8.12. The maximum Gasteiger partial charge on any atom is -0.0203 e. The number of unbranched alkanes of at least 4 members (excludes halogenated alkanes) is 3. The summed E-state index contributed by atoms with van der Waals surface area (Å²) < 4.78 is 0. The van der Waals surface area contributed by atoms with Gasteiger partial charge in [-0.05, 0) is 42.9 Å². The molecule has 0 saturated carbocycles. The van der Waals surface area contributed by atoms with Gasteiger partial charge in [0, 0.05) is 0 Å². The van der Waals surface area contributed by atoms with Crippen LogP contribution in [0.5, 0.6) is 0 Å². The van der Waals surface area contributed by atoms with E-state index in [1.165, 1.54) is 51.4 Å². The average molecular weight is 281 g/mol. The van der Waals surface area contributed by atoms with Gasteiger partial charge in [0.2, 0.25) is 0 Å². The highest BCUT2D eigenvalue weighted by Gasteiger charge is 2.25. The second-order valence-corrected chi connectivity index (χ2v) is 6.93. The lowest BCUT2D eigenvalue weighted by molar-refractivity contribution is 0.196. The van der Waals surface area contributed by atoms with Crippen LogP contribution in [0, 0.1) is 23.7 Å². The molecule has 0 rings (SSSR count). The third-order valence-corrected chi connectivity index (χ3v) is 4.90. The number of rotatable bonds is 12. The predicted octanol–water partition coefficient (Wildman–Crippen LogP) is 7.25. The Morgan fingerprint density at radius 1 is 0.800 bits per heavy atom. The highest BCUT2D eigenvalue weighted by molar-refractivity contribution is 4.93. The van der Waals surface area contributed by atoms with E-state index < -0.39 is 0 Å². The first-order valence-electron chi connectivity index (χ1n) is 9.24. The Kier molecular flexibility index (Phi) is 12.3. The van der Waals surface area contributed by atoms with E-state index in [0.717, 1.165) is 23.7 Å². The molecule has 0 N–H and O–H groups in total. The molecule has 0 aromatic rings. The molecule has 120 valence electrons. The minimum Gasteiger partial charge on any atom is -0.0882 e. The highest BCUT2D eigenvalue weighted by Crippen LogP contribution is 2.35. The lowest BCUT2D eigenvalue weighted by Crippen LogP contribution is -2.24. The molecule has 0 aromatic heterocycles. The summed E-state index contributed by atoms with van der Waals surface area (Å²) in [6.45, 7) is 14.2. The van der Waals surface area contributed by atoms with Crippen LogP contribution in [-0.2, 0) is 0 Å². The molecule has 0 radical (unpaired) electrons. The second kappa shape index (κ2) is 12.5. The molecular weight excluding hydrogens is 240 g/mol. The zero-order chi connectivity index (χ0) is 15.4. The van der Waals surface area contributed by atoms with Gasteiger partial charge in [-0.1, -0.05) is 85.8 Å². The van der Waals surface area contributed by atoms with E-state index in [1.54, 1.807) is 0 Å². The smallest absolute Gasteiger partial charge is 0.0203 e. The molecule has 0 heteroatoms. The van der Waals surface area contributed by atoms with Gasteiger partial charge in [-0.25, -0.2) is 0 Å². The van der Waals surface area contributed by atoms with Crippen LogP contribution in [0.25, 0.3) is 0 Å². The lowest BCUT2D eigenvalue weighted by Gasteiger charge is -2.33. The fraction of sp³-hybridized carbons (Fsp3) is 0.900. The van der Waals surface area contributed by atoms with Crippen LogP contribution in [0.15, 0.2) is 12.2 Å². The number of allylic oxidation sites excluding steroid dienone is 2. The fourth-order valence-corrected chi connectivity index (χ4v) is 3.18. The molecule has 0 amide bonds. The van der Waals surface area contributed by atoms with E-state index in [9.17, 15) is 0 Å². The first-order chi connectivity index (χ1) is 9.58. The van der Waals surface area contributed by atoms with Crippen LogP contribution >= 0.6 is 0 Å². The molecule has 0 aliphatic rings. The SMILES string of the molecule is CCCCC=CC(CCC)C(CCCC)C(C)C(C)C. The van der Waals surface area contributed by atoms with Gasteiger partial charge in [0.05, 0.1) is 0 Å². The lowest BCUT2D eigenvalue weighted by atomic mass is 9.73. The van der Waals surface area contributed by atoms with Crippen molar-refractivity contribution in [1.29, 1.82) is 0 Å². The van der Waals surface area contributed by atoms with Crippen molar-refractivity contribution in [3.8, 4) is 0 Å². The summed E-state index contributed by atoms with van der Waals surface area (Å²) in [6.07, 6.45) is 15.8. The molecule has 3 atom stereocenters. The molecule has 3 unspecified atom stereocenters. The largest absolute Gasteiger partial charge is 0.0882 e. The monoisotopic (exact) mass is 280 g/mol. The van der Waals surface area contributed by atoms with Crippen molar-refractivity contribution in [2.24, 2.45) is 23.7 Å². The van der Waals surface area contributed by atoms with Crippen molar-refractivity contribution in [2.75, 3.05) is 0 Å². The van der Waals surface area contributed by atoms with Crippen LogP contribution in [0.2, 0.25) is 0 Å². The summed E-state index contributed by atoms with van der Waals surface area (Å²) in [5, 5.41) is 0. The standard InChI is InChI=1S/C20H40/c1-7-10-12-13-15-19(14-9-3)20(16-11-8-2)18(6)17(4)5/h13,15,17-20H,7-12,14,16H2,1-6H3. The van der Waals surface area contributed by atoms with Crippen LogP contribution in [-0.4, -0.2) is 0 Å². The number of hydrogen-bond acceptors (Lipinski definition) is 0. The topological polar surface area (TPSA) is 0 Å². The first-order valence-corrected chi connectivity index (χ1v) is 9.24. The van der Waals surface area contributed by atoms with Crippen molar-refractivity contribution < 1.29 is 0 Å². The molecule has 0 heterocycles. The van der Waals surface area contributed by atoms with Crippen molar-refractivity contribution in [3.05, 3.63) is 12.2 Å². The third-order valence-electron chi connectivity index (χ3n) is 4.90. The fourth-order valence-electron chi connectivity index (χ4n) is 3.18. The molecule has 20 heavy (non-hydrogen) atoms. The van der Waals surface area contributed by atoms with Crippen molar-refractivity contribution in [2.45, 2.75) is 92.9 Å². The highest BCUT2D eigenvalue weighted by atomic mass is 14.3.